The first-order valence-electron chi connectivity index (χ1n) is 6.12. The molecule has 0 radical (unpaired) electrons. The lowest BCUT2D eigenvalue weighted by Crippen LogP contribution is -2.56. The molecular weight excluding hydrogens is 256 g/mol. The summed E-state index contributed by atoms with van der Waals surface area (Å²) in [5.41, 5.74) is 6.03. The van der Waals surface area contributed by atoms with Crippen LogP contribution in [0.2, 0.25) is 0 Å². The fraction of sp³-hybridized carbons (Fsp3) is 1.00. The van der Waals surface area contributed by atoms with E-state index in [0.717, 1.165) is 25.1 Å². The minimum atomic E-state index is -3.01. The van der Waals surface area contributed by atoms with Crippen molar-refractivity contribution in [3.63, 3.8) is 0 Å². The van der Waals surface area contributed by atoms with Crippen LogP contribution in [-0.4, -0.2) is 55.1 Å². The van der Waals surface area contributed by atoms with Gasteiger partial charge in [0.15, 0.2) is 9.84 Å². The Balaban J connectivity index is 2.79. The molecule has 6 heteroatoms. The third-order valence-electron chi connectivity index (χ3n) is 3.61. The normalized spacial score (nSPS) is 23.9. The molecule has 1 aliphatic heterocycles. The molecule has 0 amide bonds. The van der Waals surface area contributed by atoms with Gasteiger partial charge >= 0.3 is 0 Å². The van der Waals surface area contributed by atoms with E-state index < -0.39 is 9.84 Å². The van der Waals surface area contributed by atoms with Crippen molar-refractivity contribution < 1.29 is 8.42 Å². The molecule has 1 unspecified atom stereocenters. The Hall–Kier alpha value is 0.220. The number of rotatable bonds is 5. The molecule has 0 spiro atoms. The van der Waals surface area contributed by atoms with Gasteiger partial charge in [0.25, 0.3) is 0 Å². The molecule has 4 nitrogen and oxygen atoms in total. The van der Waals surface area contributed by atoms with Crippen molar-refractivity contribution in [2.45, 2.75) is 37.6 Å². The average molecular weight is 280 g/mol. The SMILES string of the molecule is CCC(N)(CC)CN1CCSCC1S(C)(=O)=O. The van der Waals surface area contributed by atoms with Gasteiger partial charge in [-0.15, -0.1) is 0 Å². The Morgan fingerprint density at radius 3 is 2.47 bits per heavy atom. The Morgan fingerprint density at radius 2 is 2.00 bits per heavy atom. The highest BCUT2D eigenvalue weighted by Crippen LogP contribution is 2.23. The predicted molar refractivity (Wildman–Crippen MR) is 75.0 cm³/mol. The minimum absolute atomic E-state index is 0.259. The molecular formula is C11H24N2O2S2. The molecule has 0 aromatic rings. The smallest absolute Gasteiger partial charge is 0.164 e. The van der Waals surface area contributed by atoms with Crippen LogP contribution in [0.5, 0.6) is 0 Å². The number of hydrogen-bond donors (Lipinski definition) is 1. The molecule has 17 heavy (non-hydrogen) atoms. The third-order valence-corrected chi connectivity index (χ3v) is 6.30. The van der Waals surface area contributed by atoms with Gasteiger partial charge < -0.3 is 5.73 Å². The van der Waals surface area contributed by atoms with E-state index in [2.05, 4.69) is 18.7 Å². The highest BCUT2D eigenvalue weighted by atomic mass is 32.2. The maximum atomic E-state index is 11.8. The van der Waals surface area contributed by atoms with E-state index in [-0.39, 0.29) is 10.9 Å². The predicted octanol–water partition coefficient (Wildman–Crippen LogP) is 0.923. The first kappa shape index (κ1) is 15.3. The van der Waals surface area contributed by atoms with Gasteiger partial charge in [-0.3, -0.25) is 4.90 Å². The molecule has 0 aromatic heterocycles. The second-order valence-corrected chi connectivity index (χ2v) is 8.25. The van der Waals surface area contributed by atoms with Crippen molar-refractivity contribution in [2.75, 3.05) is 30.9 Å². The second-order valence-electron chi connectivity index (χ2n) is 4.90. The maximum Gasteiger partial charge on any atom is 0.164 e. The van der Waals surface area contributed by atoms with Crippen molar-refractivity contribution in [2.24, 2.45) is 5.73 Å². The van der Waals surface area contributed by atoms with E-state index in [1.54, 1.807) is 11.8 Å². The van der Waals surface area contributed by atoms with Crippen LogP contribution >= 0.6 is 11.8 Å². The number of nitrogens with zero attached hydrogens (tertiary/aromatic N) is 1. The van der Waals surface area contributed by atoms with E-state index in [0.29, 0.717) is 12.3 Å². The molecule has 1 saturated heterocycles. The van der Waals surface area contributed by atoms with Crippen molar-refractivity contribution in [3.05, 3.63) is 0 Å². The lowest BCUT2D eigenvalue weighted by molar-refractivity contribution is 0.196. The van der Waals surface area contributed by atoms with E-state index in [1.165, 1.54) is 6.26 Å². The number of nitrogens with two attached hydrogens (primary N) is 1. The molecule has 102 valence electrons. The van der Waals surface area contributed by atoms with Crippen LogP contribution in [0, 0.1) is 0 Å². The van der Waals surface area contributed by atoms with Gasteiger partial charge in [0.2, 0.25) is 0 Å². The van der Waals surface area contributed by atoms with Crippen LogP contribution in [0.15, 0.2) is 0 Å². The summed E-state index contributed by atoms with van der Waals surface area (Å²) >= 11 is 1.71. The van der Waals surface area contributed by atoms with Crippen LogP contribution in [0.1, 0.15) is 26.7 Å². The van der Waals surface area contributed by atoms with Crippen LogP contribution in [-0.2, 0) is 9.84 Å². The van der Waals surface area contributed by atoms with E-state index in [1.807, 2.05) is 0 Å². The first-order chi connectivity index (χ1) is 7.82. The molecule has 1 aliphatic rings. The van der Waals surface area contributed by atoms with Crippen molar-refractivity contribution in [1.82, 2.24) is 4.90 Å². The zero-order valence-corrected chi connectivity index (χ0v) is 12.6. The summed E-state index contributed by atoms with van der Waals surface area (Å²) in [6.45, 7) is 5.63. The van der Waals surface area contributed by atoms with Gasteiger partial charge in [-0.2, -0.15) is 11.8 Å². The molecule has 1 heterocycles. The van der Waals surface area contributed by atoms with Crippen molar-refractivity contribution >= 4 is 21.6 Å². The van der Waals surface area contributed by atoms with Gasteiger partial charge in [0.05, 0.1) is 0 Å². The second kappa shape index (κ2) is 5.91. The average Bonchev–Trinajstić information content (AvgIpc) is 2.28. The van der Waals surface area contributed by atoms with Gasteiger partial charge in [-0.1, -0.05) is 13.8 Å². The van der Waals surface area contributed by atoms with Crippen molar-refractivity contribution in [1.29, 1.82) is 0 Å². The Labute approximate surface area is 109 Å². The van der Waals surface area contributed by atoms with Crippen LogP contribution in [0.25, 0.3) is 0 Å². The zero-order valence-electron chi connectivity index (χ0n) is 11.0. The standard InChI is InChI=1S/C11H24N2O2S2/c1-4-11(12,5-2)9-13-6-7-16-8-10(13)17(3,14)15/h10H,4-9,12H2,1-3H3. The van der Waals surface area contributed by atoms with Gasteiger partial charge in [0.1, 0.15) is 5.37 Å². The number of hydrogen-bond acceptors (Lipinski definition) is 5. The Kier molecular flexibility index (Phi) is 5.31. The summed E-state index contributed by atoms with van der Waals surface area (Å²) in [7, 11) is -3.01. The fourth-order valence-electron chi connectivity index (χ4n) is 2.07. The van der Waals surface area contributed by atoms with E-state index in [4.69, 9.17) is 5.73 Å². The lowest BCUT2D eigenvalue weighted by atomic mass is 9.93. The molecule has 1 fully saturated rings. The zero-order chi connectivity index (χ0) is 13.1. The van der Waals surface area contributed by atoms with E-state index in [9.17, 15) is 8.42 Å². The Bertz CT molecular complexity index is 339. The fourth-order valence-corrected chi connectivity index (χ4v) is 5.01. The molecule has 1 rings (SSSR count). The first-order valence-corrected chi connectivity index (χ1v) is 9.23. The van der Waals surface area contributed by atoms with Crippen molar-refractivity contribution in [3.8, 4) is 0 Å². The maximum absolute atomic E-state index is 11.8. The molecule has 0 aliphatic carbocycles. The quantitative estimate of drug-likeness (QED) is 0.811. The molecule has 0 saturated carbocycles. The van der Waals surface area contributed by atoms with Crippen LogP contribution in [0.4, 0.5) is 0 Å². The topological polar surface area (TPSA) is 63.4 Å². The summed E-state index contributed by atoms with van der Waals surface area (Å²) in [6.07, 6.45) is 3.08. The molecule has 1 atom stereocenters. The number of sulfone groups is 1. The minimum Gasteiger partial charge on any atom is -0.324 e. The molecule has 2 N–H and O–H groups in total. The lowest BCUT2D eigenvalue weighted by Gasteiger charge is -2.40. The summed E-state index contributed by atoms with van der Waals surface area (Å²) < 4.78 is 23.5. The summed E-state index contributed by atoms with van der Waals surface area (Å²) in [5.74, 6) is 1.66. The molecule has 0 bridgehead atoms. The van der Waals surface area contributed by atoms with Crippen LogP contribution in [0.3, 0.4) is 0 Å². The van der Waals surface area contributed by atoms with Gasteiger partial charge in [-0.25, -0.2) is 8.42 Å². The number of thioether (sulfide) groups is 1. The highest BCUT2D eigenvalue weighted by Gasteiger charge is 2.35. The van der Waals surface area contributed by atoms with E-state index >= 15 is 0 Å². The van der Waals surface area contributed by atoms with Gasteiger partial charge in [0, 0.05) is 36.4 Å². The molecule has 0 aromatic carbocycles. The highest BCUT2D eigenvalue weighted by molar-refractivity contribution is 8.00. The van der Waals surface area contributed by atoms with Crippen LogP contribution < -0.4 is 5.73 Å². The third kappa shape index (κ3) is 4.12. The monoisotopic (exact) mass is 280 g/mol. The Morgan fingerprint density at radius 1 is 1.41 bits per heavy atom. The van der Waals surface area contributed by atoms with Gasteiger partial charge in [-0.05, 0) is 12.8 Å². The summed E-state index contributed by atoms with van der Waals surface area (Å²) in [5, 5.41) is -0.359. The largest absolute Gasteiger partial charge is 0.324 e. The summed E-state index contributed by atoms with van der Waals surface area (Å²) in [6, 6.07) is 0. The summed E-state index contributed by atoms with van der Waals surface area (Å²) in [4.78, 5) is 2.05.